The predicted molar refractivity (Wildman–Crippen MR) is 87.5 cm³/mol. The highest BCUT2D eigenvalue weighted by Gasteiger charge is 2.04. The molecule has 0 fully saturated rings. The quantitative estimate of drug-likeness (QED) is 0.574. The van der Waals surface area contributed by atoms with Gasteiger partial charge in [0, 0.05) is 19.8 Å². The van der Waals surface area contributed by atoms with Crippen molar-refractivity contribution in [1.29, 1.82) is 0 Å². The minimum atomic E-state index is 0.629. The Morgan fingerprint density at radius 2 is 2.00 bits per heavy atom. The van der Waals surface area contributed by atoms with Gasteiger partial charge in [-0.2, -0.15) is 0 Å². The van der Waals surface area contributed by atoms with E-state index in [-0.39, 0.29) is 0 Å². The van der Waals surface area contributed by atoms with Crippen molar-refractivity contribution < 1.29 is 4.74 Å². The number of anilines is 3. The zero-order chi connectivity index (χ0) is 13.1. The van der Waals surface area contributed by atoms with E-state index in [0.29, 0.717) is 11.4 Å². The minimum absolute atomic E-state index is 0.629. The largest absolute Gasteiger partial charge is 0.495 e. The van der Waals surface area contributed by atoms with Crippen molar-refractivity contribution >= 4 is 55.6 Å². The molecule has 3 nitrogen and oxygen atoms in total. The molecule has 0 saturated heterocycles. The summed E-state index contributed by atoms with van der Waals surface area (Å²) in [7, 11) is 1.61. The number of rotatable bonds is 3. The normalized spacial score (nSPS) is 10.2. The van der Waals surface area contributed by atoms with E-state index in [4.69, 9.17) is 10.5 Å². The number of benzene rings is 2. The highest BCUT2D eigenvalue weighted by Crippen LogP contribution is 2.31. The third-order valence-electron chi connectivity index (χ3n) is 2.44. The molecule has 2 aromatic rings. The van der Waals surface area contributed by atoms with Crippen LogP contribution in [0.25, 0.3) is 0 Å². The molecule has 18 heavy (non-hydrogen) atoms. The van der Waals surface area contributed by atoms with Gasteiger partial charge in [-0.15, -0.1) is 0 Å². The lowest BCUT2D eigenvalue weighted by atomic mass is 10.2. The zero-order valence-corrected chi connectivity index (χ0v) is 13.4. The number of ether oxygens (including phenoxy) is 1. The van der Waals surface area contributed by atoms with Gasteiger partial charge in [-0.05, 0) is 68.9 Å². The number of hydrogen-bond acceptors (Lipinski definition) is 3. The molecule has 2 rings (SSSR count). The third-order valence-corrected chi connectivity index (χ3v) is 3.80. The van der Waals surface area contributed by atoms with Gasteiger partial charge in [0.2, 0.25) is 0 Å². The first-order valence-corrected chi connectivity index (χ1v) is 7.13. The minimum Gasteiger partial charge on any atom is -0.495 e. The number of methoxy groups -OCH3 is 1. The van der Waals surface area contributed by atoms with Crippen molar-refractivity contribution in [2.45, 2.75) is 0 Å². The van der Waals surface area contributed by atoms with E-state index in [1.54, 1.807) is 7.11 Å². The van der Waals surface area contributed by atoms with Gasteiger partial charge in [-0.1, -0.05) is 0 Å². The van der Waals surface area contributed by atoms with Crippen LogP contribution in [0.15, 0.2) is 40.9 Å². The molecule has 0 saturated carbocycles. The molecule has 2 aromatic carbocycles. The molecular formula is C13H12BrIN2O. The van der Waals surface area contributed by atoms with E-state index in [9.17, 15) is 0 Å². The summed E-state index contributed by atoms with van der Waals surface area (Å²) in [5, 5.41) is 3.33. The number of halogens is 2. The van der Waals surface area contributed by atoms with Gasteiger partial charge in [-0.3, -0.25) is 0 Å². The lowest BCUT2D eigenvalue weighted by molar-refractivity contribution is 0.417. The lowest BCUT2D eigenvalue weighted by Gasteiger charge is -2.11. The van der Waals surface area contributed by atoms with Crippen LogP contribution >= 0.6 is 38.5 Å². The van der Waals surface area contributed by atoms with Crippen molar-refractivity contribution in [1.82, 2.24) is 0 Å². The first-order chi connectivity index (χ1) is 8.60. The maximum absolute atomic E-state index is 5.78. The summed E-state index contributed by atoms with van der Waals surface area (Å²) in [4.78, 5) is 0. The molecule has 0 aliphatic rings. The Kier molecular flexibility index (Phi) is 4.34. The summed E-state index contributed by atoms with van der Waals surface area (Å²) in [5.41, 5.74) is 8.36. The molecule has 0 amide bonds. The van der Waals surface area contributed by atoms with Crippen molar-refractivity contribution in [3.63, 3.8) is 0 Å². The summed E-state index contributed by atoms with van der Waals surface area (Å²) >= 11 is 5.79. The van der Waals surface area contributed by atoms with Crippen LogP contribution in [0.5, 0.6) is 5.75 Å². The van der Waals surface area contributed by atoms with E-state index < -0.39 is 0 Å². The van der Waals surface area contributed by atoms with E-state index in [1.165, 1.54) is 3.57 Å². The third kappa shape index (κ3) is 3.08. The van der Waals surface area contributed by atoms with E-state index in [0.717, 1.165) is 15.8 Å². The van der Waals surface area contributed by atoms with Crippen LogP contribution in [-0.2, 0) is 0 Å². The number of nitrogens with two attached hydrogens (primary N) is 1. The molecule has 0 aliphatic heterocycles. The Bertz CT molecular complexity index is 575. The van der Waals surface area contributed by atoms with Gasteiger partial charge in [0.25, 0.3) is 0 Å². The smallest absolute Gasteiger partial charge is 0.143 e. The lowest BCUT2D eigenvalue weighted by Crippen LogP contribution is -1.96. The first-order valence-electron chi connectivity index (χ1n) is 5.26. The maximum atomic E-state index is 5.78. The molecule has 0 aliphatic carbocycles. The molecule has 0 atom stereocenters. The van der Waals surface area contributed by atoms with Gasteiger partial charge in [-0.25, -0.2) is 0 Å². The van der Waals surface area contributed by atoms with Gasteiger partial charge in [0.05, 0.1) is 18.5 Å². The fraction of sp³-hybridized carbons (Fsp3) is 0.0769. The fourth-order valence-corrected chi connectivity index (χ4v) is 2.37. The summed E-state index contributed by atoms with van der Waals surface area (Å²) in [6.07, 6.45) is 0. The molecular weight excluding hydrogens is 407 g/mol. The molecule has 0 radical (unpaired) electrons. The van der Waals surface area contributed by atoms with Crippen molar-refractivity contribution in [2.75, 3.05) is 18.2 Å². The summed E-state index contributed by atoms with van der Waals surface area (Å²) in [6.45, 7) is 0. The number of nitrogens with one attached hydrogen (secondary N) is 1. The van der Waals surface area contributed by atoms with Crippen LogP contribution < -0.4 is 15.8 Å². The fourth-order valence-electron chi connectivity index (χ4n) is 1.54. The molecule has 5 heteroatoms. The van der Waals surface area contributed by atoms with Crippen LogP contribution in [0.2, 0.25) is 0 Å². The van der Waals surface area contributed by atoms with E-state index in [1.807, 2.05) is 30.3 Å². The van der Waals surface area contributed by atoms with Crippen molar-refractivity contribution in [3.05, 3.63) is 44.4 Å². The van der Waals surface area contributed by atoms with Gasteiger partial charge in [0.1, 0.15) is 5.75 Å². The van der Waals surface area contributed by atoms with E-state index in [2.05, 4.69) is 49.9 Å². The van der Waals surface area contributed by atoms with Gasteiger partial charge >= 0.3 is 0 Å². The standard InChI is InChI=1S/C13H12BrIN2O/c1-18-13-7-9(3-5-11(13)16)17-12-6-8(15)2-4-10(12)14/h2-7,17H,16H2,1H3. The Labute approximate surface area is 128 Å². The topological polar surface area (TPSA) is 47.3 Å². The highest BCUT2D eigenvalue weighted by atomic mass is 127. The monoisotopic (exact) mass is 418 g/mol. The predicted octanol–water partition coefficient (Wildman–Crippen LogP) is 4.39. The van der Waals surface area contributed by atoms with Crippen LogP contribution in [0.1, 0.15) is 0 Å². The van der Waals surface area contributed by atoms with Gasteiger partial charge in [0.15, 0.2) is 0 Å². The average Bonchev–Trinajstić information content (AvgIpc) is 2.36. The highest BCUT2D eigenvalue weighted by molar-refractivity contribution is 14.1. The molecule has 3 N–H and O–H groups in total. The summed E-state index contributed by atoms with van der Waals surface area (Å²) in [5.74, 6) is 0.668. The molecule has 0 bridgehead atoms. The summed E-state index contributed by atoms with van der Waals surface area (Å²) in [6, 6.07) is 11.7. The second-order valence-electron chi connectivity index (χ2n) is 3.71. The zero-order valence-electron chi connectivity index (χ0n) is 9.71. The number of nitrogen functional groups attached to an aromatic ring is 1. The molecule has 0 aromatic heterocycles. The van der Waals surface area contributed by atoms with Crippen LogP contribution in [0.4, 0.5) is 17.1 Å². The molecule has 0 heterocycles. The summed E-state index contributed by atoms with van der Waals surface area (Å²) < 4.78 is 7.38. The van der Waals surface area contributed by atoms with Crippen LogP contribution in [-0.4, -0.2) is 7.11 Å². The molecule has 0 spiro atoms. The van der Waals surface area contributed by atoms with Crippen LogP contribution in [0.3, 0.4) is 0 Å². The first kappa shape index (κ1) is 13.5. The Balaban J connectivity index is 2.31. The second kappa shape index (κ2) is 5.79. The SMILES string of the molecule is COc1cc(Nc2cc(I)ccc2Br)ccc1N. The van der Waals surface area contributed by atoms with Crippen molar-refractivity contribution in [2.24, 2.45) is 0 Å². The van der Waals surface area contributed by atoms with Crippen LogP contribution in [0, 0.1) is 3.57 Å². The second-order valence-corrected chi connectivity index (χ2v) is 5.81. The maximum Gasteiger partial charge on any atom is 0.143 e. The van der Waals surface area contributed by atoms with Gasteiger partial charge < -0.3 is 15.8 Å². The Morgan fingerprint density at radius 3 is 2.72 bits per heavy atom. The molecule has 94 valence electrons. The number of hydrogen-bond donors (Lipinski definition) is 2. The Hall–Kier alpha value is -0.950. The molecule has 0 unspecified atom stereocenters. The van der Waals surface area contributed by atoms with Crippen molar-refractivity contribution in [3.8, 4) is 5.75 Å². The average molecular weight is 419 g/mol. The van der Waals surface area contributed by atoms with E-state index >= 15 is 0 Å². The Morgan fingerprint density at radius 1 is 1.22 bits per heavy atom.